The van der Waals surface area contributed by atoms with E-state index in [2.05, 4.69) is 37.3 Å². The number of alkyl halides is 1. The maximum Gasteiger partial charge on any atom is 0.407 e. The Hall–Kier alpha value is -5.13. The van der Waals surface area contributed by atoms with Crippen molar-refractivity contribution in [3.63, 3.8) is 0 Å². The number of ether oxygens (including phenoxy) is 3. The van der Waals surface area contributed by atoms with Gasteiger partial charge in [0.25, 0.3) is 5.91 Å². The summed E-state index contributed by atoms with van der Waals surface area (Å²) in [6, 6.07) is 0.499. The number of halogens is 1. The van der Waals surface area contributed by atoms with Gasteiger partial charge in [-0.15, -0.1) is 17.8 Å². The number of hydrogen-bond donors (Lipinski definition) is 5. The van der Waals surface area contributed by atoms with Crippen LogP contribution >= 0.6 is 19.1 Å². The monoisotopic (exact) mass is 1030 g/mol. The largest absolute Gasteiger partial charge is 0.481 e. The smallest absolute Gasteiger partial charge is 0.407 e. The number of thiazole rings is 1. The minimum Gasteiger partial charge on any atom is -0.481 e. The molecule has 2 aromatic rings. The number of esters is 1. The van der Waals surface area contributed by atoms with Gasteiger partial charge in [0.2, 0.25) is 17.7 Å². The molecule has 0 radical (unpaired) electrons. The summed E-state index contributed by atoms with van der Waals surface area (Å²) in [5.74, 6) is -0.859. The van der Waals surface area contributed by atoms with Crippen molar-refractivity contribution in [2.45, 2.75) is 175 Å². The minimum absolute atomic E-state index is 0.00795. The van der Waals surface area contributed by atoms with E-state index in [0.717, 1.165) is 16.1 Å². The van der Waals surface area contributed by atoms with E-state index in [1.165, 1.54) is 30.1 Å². The third-order valence-electron chi connectivity index (χ3n) is 11.1. The summed E-state index contributed by atoms with van der Waals surface area (Å²) in [6.07, 6.45) is 4.96. The first-order valence-corrected chi connectivity index (χ1v) is 26.2. The van der Waals surface area contributed by atoms with Gasteiger partial charge in [0.15, 0.2) is 5.67 Å². The standard InChI is InChI=1S/C49H73FN7O12PS/c1-14-23-65-37-25-33(38-30(2)53-29-71-38)18-19-34(37)27-52-41(59)36-26-35(28-57(36)42(60)39(46(5,6)7)55-44(62)49(50)20-21-49)69-70(64,66-24-17-15-16-22-51-45(63)68-48(11,12)13)56-31(3)40(58)54-32(4)43(61)67-47(8,9)10/h1,18-19,25,29,31-32,35-36,39H,15-17,20-24,26-28H2,2-13H3,(H,51,63)(H,52,59)(H,54,58)(H,55,62)(H,56,64)/t31-,32-,35+,36-,39+,70?/m0/s1. The number of nitrogens with zero attached hydrogens (tertiary/aromatic N) is 2. The van der Waals surface area contributed by atoms with Crippen LogP contribution in [0.5, 0.6) is 5.75 Å². The topological polar surface area (TPSA) is 242 Å². The number of nitrogens with one attached hydrogen (secondary N) is 5. The number of aryl methyl sites for hydroxylation is 1. The number of hydrogen-bond acceptors (Lipinski definition) is 14. The Kier molecular flexibility index (Phi) is 20.2. The summed E-state index contributed by atoms with van der Waals surface area (Å²) in [5, 5.41) is 13.4. The zero-order valence-electron chi connectivity index (χ0n) is 43.1. The van der Waals surface area contributed by atoms with Crippen LogP contribution in [-0.4, -0.2) is 119 Å². The van der Waals surface area contributed by atoms with Gasteiger partial charge in [-0.05, 0) is 111 Å². The summed E-state index contributed by atoms with van der Waals surface area (Å²) >= 11 is 1.45. The number of aromatic nitrogens is 1. The number of carbonyl (C=O) groups is 6. The fraction of sp³-hybridized carbons (Fsp3) is 0.653. The van der Waals surface area contributed by atoms with Crippen molar-refractivity contribution in [3.05, 3.63) is 35.0 Å². The van der Waals surface area contributed by atoms with Crippen LogP contribution in [0.1, 0.15) is 126 Å². The predicted octanol–water partition coefficient (Wildman–Crippen LogP) is 6.41. The van der Waals surface area contributed by atoms with Crippen molar-refractivity contribution in [1.29, 1.82) is 0 Å². The highest BCUT2D eigenvalue weighted by molar-refractivity contribution is 7.51. The lowest BCUT2D eigenvalue weighted by molar-refractivity contribution is -0.158. The summed E-state index contributed by atoms with van der Waals surface area (Å²) in [7, 11) is -4.53. The maximum absolute atomic E-state index is 15.1. The number of likely N-dealkylation sites (tertiary alicyclic amines) is 1. The zero-order valence-corrected chi connectivity index (χ0v) is 44.8. The van der Waals surface area contributed by atoms with Gasteiger partial charge < -0.3 is 40.4 Å². The van der Waals surface area contributed by atoms with Crippen molar-refractivity contribution < 1.29 is 61.0 Å². The van der Waals surface area contributed by atoms with E-state index in [-0.39, 0.29) is 45.6 Å². The van der Waals surface area contributed by atoms with Crippen molar-refractivity contribution in [1.82, 2.24) is 36.2 Å². The molecule has 5 N–H and O–H groups in total. The molecule has 22 heteroatoms. The first-order chi connectivity index (χ1) is 32.9. The van der Waals surface area contributed by atoms with Gasteiger partial charge in [-0.1, -0.05) is 38.8 Å². The molecule has 1 saturated heterocycles. The molecule has 2 heterocycles. The van der Waals surface area contributed by atoms with E-state index in [0.29, 0.717) is 37.1 Å². The molecule has 0 bridgehead atoms. The second-order valence-corrected chi connectivity index (χ2v) is 23.5. The van der Waals surface area contributed by atoms with Crippen molar-refractivity contribution >= 4 is 54.8 Å². The van der Waals surface area contributed by atoms with Crippen molar-refractivity contribution in [2.75, 3.05) is 26.3 Å². The Morgan fingerprint density at radius 1 is 0.958 bits per heavy atom. The predicted molar refractivity (Wildman–Crippen MR) is 266 cm³/mol. The fourth-order valence-corrected chi connectivity index (χ4v) is 9.73. The average Bonchev–Trinajstić information content (AvgIpc) is 3.65. The zero-order chi connectivity index (χ0) is 53.1. The number of benzene rings is 1. The number of rotatable bonds is 23. The number of terminal acetylenes is 1. The van der Waals surface area contributed by atoms with Crippen LogP contribution in [0.15, 0.2) is 23.7 Å². The van der Waals surface area contributed by atoms with E-state index >= 15 is 4.39 Å². The molecule has 1 aromatic carbocycles. The molecule has 394 valence electrons. The van der Waals surface area contributed by atoms with Crippen molar-refractivity contribution in [3.8, 4) is 28.5 Å². The highest BCUT2D eigenvalue weighted by Gasteiger charge is 2.54. The molecule has 4 rings (SSSR count). The van der Waals surface area contributed by atoms with Crippen LogP contribution in [0.3, 0.4) is 0 Å². The van der Waals surface area contributed by atoms with Gasteiger partial charge in [0, 0.05) is 31.6 Å². The minimum atomic E-state index is -4.53. The van der Waals surface area contributed by atoms with Gasteiger partial charge >= 0.3 is 19.8 Å². The van der Waals surface area contributed by atoms with Crippen LogP contribution in [0.4, 0.5) is 9.18 Å². The summed E-state index contributed by atoms with van der Waals surface area (Å²) in [6.45, 7) is 19.8. The molecule has 2 fully saturated rings. The second-order valence-electron chi connectivity index (χ2n) is 20.9. The van der Waals surface area contributed by atoms with Gasteiger partial charge in [-0.25, -0.2) is 28.6 Å². The molecule has 1 aromatic heterocycles. The summed E-state index contributed by atoms with van der Waals surface area (Å²) in [4.78, 5) is 87.0. The number of unbranched alkanes of at least 4 members (excludes halogenated alkanes) is 2. The molecular formula is C49H73FN7O12PS. The lowest BCUT2D eigenvalue weighted by Gasteiger charge is -2.35. The molecule has 6 atom stereocenters. The first-order valence-electron chi connectivity index (χ1n) is 23.8. The quantitative estimate of drug-likeness (QED) is 0.0350. The maximum atomic E-state index is 15.1. The fourth-order valence-electron chi connectivity index (χ4n) is 7.22. The molecular weight excluding hydrogens is 961 g/mol. The van der Waals surface area contributed by atoms with Gasteiger partial charge in [-0.2, -0.15) is 0 Å². The summed E-state index contributed by atoms with van der Waals surface area (Å²) in [5.41, 5.74) is -0.625. The molecule has 1 unspecified atom stereocenters. The van der Waals surface area contributed by atoms with E-state index in [1.807, 2.05) is 13.0 Å². The van der Waals surface area contributed by atoms with E-state index < -0.39 is 96.0 Å². The summed E-state index contributed by atoms with van der Waals surface area (Å²) < 4.78 is 58.6. The Balaban J connectivity index is 1.60. The molecule has 1 aliphatic carbocycles. The number of amides is 5. The van der Waals surface area contributed by atoms with E-state index in [9.17, 15) is 33.3 Å². The van der Waals surface area contributed by atoms with Crippen LogP contribution in [0.2, 0.25) is 0 Å². The molecule has 19 nitrogen and oxygen atoms in total. The van der Waals surface area contributed by atoms with Gasteiger partial charge in [0.05, 0.1) is 34.8 Å². The molecule has 2 aliphatic rings. The Morgan fingerprint density at radius 3 is 2.23 bits per heavy atom. The van der Waals surface area contributed by atoms with Crippen LogP contribution < -0.4 is 31.1 Å². The molecule has 5 amide bonds. The van der Waals surface area contributed by atoms with E-state index in [1.54, 1.807) is 80.0 Å². The van der Waals surface area contributed by atoms with Gasteiger partial charge in [0.1, 0.15) is 41.7 Å². The third kappa shape index (κ3) is 18.1. The lowest BCUT2D eigenvalue weighted by atomic mass is 9.85. The van der Waals surface area contributed by atoms with Crippen LogP contribution in [0.25, 0.3) is 10.4 Å². The van der Waals surface area contributed by atoms with Crippen LogP contribution in [-0.2, 0) is 53.6 Å². The van der Waals surface area contributed by atoms with E-state index in [4.69, 9.17) is 29.7 Å². The average molecular weight is 1030 g/mol. The third-order valence-corrected chi connectivity index (χ3v) is 13.9. The lowest BCUT2D eigenvalue weighted by Crippen LogP contribution is -2.59. The first kappa shape index (κ1) is 58.4. The van der Waals surface area contributed by atoms with Crippen LogP contribution in [0, 0.1) is 24.7 Å². The second kappa shape index (κ2) is 24.5. The number of carbonyl (C=O) groups excluding carboxylic acids is 6. The molecule has 0 spiro atoms. The Bertz CT molecular complexity index is 2320. The molecule has 71 heavy (non-hydrogen) atoms. The molecule has 1 aliphatic heterocycles. The highest BCUT2D eigenvalue weighted by atomic mass is 32.1. The Labute approximate surface area is 421 Å². The normalized spacial score (nSPS) is 18.7. The number of alkyl carbamates (subject to hydrolysis) is 1. The molecule has 1 saturated carbocycles. The highest BCUT2D eigenvalue weighted by Crippen LogP contribution is 2.48. The van der Waals surface area contributed by atoms with Crippen molar-refractivity contribution in [2.24, 2.45) is 5.41 Å². The Morgan fingerprint density at radius 2 is 1.63 bits per heavy atom. The SMILES string of the molecule is C#CCOc1cc(-c2scnc2C)ccc1CNC(=O)[C@@H]1C[C@@H](OP(=O)(N[C@@H](C)C(=O)N[C@@H](C)C(=O)OC(C)(C)C)OCCCCCNC(=O)OC(C)(C)C)CN1C(=O)[C@@H](NC(=O)C1(F)CC1)C(C)(C)C. The van der Waals surface area contributed by atoms with Gasteiger partial charge in [-0.3, -0.25) is 28.2 Å².